The van der Waals surface area contributed by atoms with Crippen LogP contribution in [0.3, 0.4) is 0 Å². The number of methoxy groups -OCH3 is 2. The number of amides is 2. The van der Waals surface area contributed by atoms with Crippen LogP contribution in [0.1, 0.15) is 94.6 Å². The minimum atomic E-state index is -0.657. The zero-order valence-corrected chi connectivity index (χ0v) is 46.2. The van der Waals surface area contributed by atoms with Crippen molar-refractivity contribution < 1.29 is 41.7 Å². The van der Waals surface area contributed by atoms with Gasteiger partial charge in [-0.2, -0.15) is 27.0 Å². The molecule has 2 saturated heterocycles. The lowest BCUT2D eigenvalue weighted by molar-refractivity contribution is -0.0676. The van der Waals surface area contributed by atoms with Crippen LogP contribution in [-0.2, 0) is 48.2 Å². The predicted octanol–water partition coefficient (Wildman–Crippen LogP) is 10.7. The molecule has 2 N–H and O–H groups in total. The molecule has 13 nitrogen and oxygen atoms in total. The maximum absolute atomic E-state index is 14.2. The highest BCUT2D eigenvalue weighted by atomic mass is 32.1. The molecule has 7 aromatic rings. The molecule has 3 heterocycles. The number of hydrazine groups is 1. The number of fused-ring (bicyclic) bond motifs is 2. The number of halogens is 2. The molecule has 2 amide bonds. The molecule has 2 aliphatic carbocycles. The first-order valence-corrected chi connectivity index (χ1v) is 25.3. The van der Waals surface area contributed by atoms with E-state index in [4.69, 9.17) is 23.4 Å². The first kappa shape index (κ1) is 56.6. The third-order valence-corrected chi connectivity index (χ3v) is 15.4. The van der Waals surface area contributed by atoms with Crippen LogP contribution in [0.4, 0.5) is 8.78 Å². The number of ether oxygens (including phenoxy) is 4. The second-order valence-electron chi connectivity index (χ2n) is 20.9. The molecule has 17 heteroatoms. The Balaban J connectivity index is 0.000000199. The quantitative estimate of drug-likeness (QED) is 0.127. The fraction of sp³-hybridized carbons (Fsp3) is 0.333. The van der Waals surface area contributed by atoms with E-state index < -0.39 is 29.2 Å². The third kappa shape index (κ3) is 11.8. The number of nitrogens with one attached hydrogen (secondary N) is 2. The van der Waals surface area contributed by atoms with Crippen LogP contribution in [0, 0.1) is 11.6 Å². The standard InChI is InChI=1S/C30H32FN3O4.C30H30FN3O3.2H2S/c1-29(2)34(18-20-7-5-4-6-8-20)30(19-38-29)14-13-21-9-10-22(15-24(21)17-30)27(35)32-33-28(36)23-11-12-26(37-3)25(31)16-23;1-29(2)34(18-20-7-5-4-6-8-20)30(19-36-29)14-13-21-9-10-22(15-24(21)17-30)27-32-33-28(37-27)23-11-12-26(35-3)25(31)16-23;;/h4-12,15-16H,13-14,17-19H2,1-3H3,(H,32,35)(H,33,36);4-12,15-16H,13-14,17-19H2,1-3H3;2*1H2/t2*30-;;/m00../s1. The second kappa shape index (κ2) is 23.2. The van der Waals surface area contributed by atoms with Crippen molar-refractivity contribution in [3.63, 3.8) is 0 Å². The Labute approximate surface area is 462 Å². The van der Waals surface area contributed by atoms with E-state index in [1.54, 1.807) is 18.2 Å². The van der Waals surface area contributed by atoms with E-state index in [0.29, 0.717) is 30.2 Å². The minimum Gasteiger partial charge on any atom is -0.494 e. The highest BCUT2D eigenvalue weighted by Gasteiger charge is 2.54. The van der Waals surface area contributed by atoms with E-state index in [9.17, 15) is 18.4 Å². The molecule has 2 aliphatic heterocycles. The Morgan fingerprint density at radius 2 is 0.987 bits per heavy atom. The lowest BCUT2D eigenvalue weighted by Crippen LogP contribution is -2.54. The summed E-state index contributed by atoms with van der Waals surface area (Å²) in [5.74, 6) is -1.31. The fourth-order valence-electron chi connectivity index (χ4n) is 11.3. The summed E-state index contributed by atoms with van der Waals surface area (Å²) in [5.41, 5.74) is 13.1. The van der Waals surface area contributed by atoms with E-state index in [-0.39, 0.29) is 66.7 Å². The number of rotatable bonds is 10. The smallest absolute Gasteiger partial charge is 0.269 e. The number of aromatic nitrogens is 2. The van der Waals surface area contributed by atoms with Gasteiger partial charge in [0.15, 0.2) is 23.1 Å². The number of benzene rings is 6. The maximum Gasteiger partial charge on any atom is 0.269 e. The van der Waals surface area contributed by atoms with E-state index in [0.717, 1.165) is 68.8 Å². The van der Waals surface area contributed by atoms with E-state index in [1.807, 2.05) is 24.3 Å². The number of aryl methyl sites for hydroxylation is 2. The molecule has 2 atom stereocenters. The summed E-state index contributed by atoms with van der Waals surface area (Å²) in [5, 5.41) is 8.43. The van der Waals surface area contributed by atoms with E-state index in [2.05, 4.69) is 125 Å². The molecule has 0 unspecified atom stereocenters. The van der Waals surface area contributed by atoms with E-state index in [1.165, 1.54) is 60.2 Å². The van der Waals surface area contributed by atoms with Gasteiger partial charge in [0.05, 0.1) is 38.5 Å². The molecule has 2 fully saturated rings. The van der Waals surface area contributed by atoms with Crippen molar-refractivity contribution in [2.45, 2.75) is 102 Å². The molecule has 11 rings (SSSR count). The monoisotopic (exact) mass is 1080 g/mol. The molecule has 404 valence electrons. The minimum absolute atomic E-state index is 0. The van der Waals surface area contributed by atoms with Gasteiger partial charge in [-0.25, -0.2) is 8.78 Å². The zero-order chi connectivity index (χ0) is 52.5. The summed E-state index contributed by atoms with van der Waals surface area (Å²) in [6.45, 7) is 11.5. The first-order chi connectivity index (χ1) is 36.1. The molecule has 0 saturated carbocycles. The molecule has 1 aromatic heterocycles. The van der Waals surface area contributed by atoms with Crippen molar-refractivity contribution in [1.82, 2.24) is 30.8 Å². The molecule has 0 radical (unpaired) electrons. The van der Waals surface area contributed by atoms with Crippen molar-refractivity contribution in [2.75, 3.05) is 27.4 Å². The average molecular weight is 1090 g/mol. The van der Waals surface area contributed by atoms with Gasteiger partial charge in [0, 0.05) is 35.3 Å². The fourth-order valence-corrected chi connectivity index (χ4v) is 11.3. The topological polar surface area (TPSA) is 141 Å². The van der Waals surface area contributed by atoms with Crippen LogP contribution in [0.15, 0.2) is 138 Å². The SMILES string of the molecule is COc1ccc(-c2nnc(-c3ccc4c(c3)C[C@@]3(CC4)COC(C)(C)N3Cc3ccccc3)o2)cc1F.COc1ccc(C(=O)NNC(=O)c2ccc3c(c2)C[C@@]2(CC3)COC(C)(C)N2Cc2ccccc2)cc1F.S.S. The number of hydrogen-bond donors (Lipinski definition) is 2. The summed E-state index contributed by atoms with van der Waals surface area (Å²) in [6.07, 6.45) is 5.54. The second-order valence-corrected chi connectivity index (χ2v) is 20.9. The lowest BCUT2D eigenvalue weighted by atomic mass is 9.76. The molecule has 4 aliphatic rings. The van der Waals surface area contributed by atoms with Gasteiger partial charge in [0.1, 0.15) is 11.4 Å². The molecule has 6 aromatic carbocycles. The third-order valence-electron chi connectivity index (χ3n) is 15.4. The van der Waals surface area contributed by atoms with Gasteiger partial charge in [0.25, 0.3) is 11.8 Å². The van der Waals surface area contributed by atoms with Crippen LogP contribution in [0.25, 0.3) is 22.9 Å². The molecule has 0 bridgehead atoms. The lowest BCUT2D eigenvalue weighted by Gasteiger charge is -2.45. The average Bonchev–Trinajstić information content (AvgIpc) is 4.16. The highest BCUT2D eigenvalue weighted by molar-refractivity contribution is 7.59. The summed E-state index contributed by atoms with van der Waals surface area (Å²) in [4.78, 5) is 30.3. The number of nitrogens with zero attached hydrogens (tertiary/aromatic N) is 4. The number of hydrogen-bond acceptors (Lipinski definition) is 11. The summed E-state index contributed by atoms with van der Waals surface area (Å²) < 4.78 is 56.7. The van der Waals surface area contributed by atoms with Gasteiger partial charge in [-0.15, -0.1) is 10.2 Å². The van der Waals surface area contributed by atoms with Gasteiger partial charge in [-0.05, 0) is 160 Å². The maximum atomic E-state index is 14.2. The van der Waals surface area contributed by atoms with Crippen LogP contribution < -0.4 is 20.3 Å². The van der Waals surface area contributed by atoms with E-state index >= 15 is 0 Å². The van der Waals surface area contributed by atoms with Gasteiger partial charge in [0.2, 0.25) is 11.8 Å². The van der Waals surface area contributed by atoms with Crippen molar-refractivity contribution >= 4 is 38.8 Å². The Bertz CT molecular complexity index is 3240. The highest BCUT2D eigenvalue weighted by Crippen LogP contribution is 2.46. The molecule has 2 spiro atoms. The Hall–Kier alpha value is -6.60. The number of carbonyl (C=O) groups excluding carboxylic acids is 2. The summed E-state index contributed by atoms with van der Waals surface area (Å²) in [7, 11) is 2.78. The van der Waals surface area contributed by atoms with Crippen LogP contribution in [0.5, 0.6) is 11.5 Å². The Kier molecular flexibility index (Phi) is 17.0. The van der Waals surface area contributed by atoms with Crippen molar-refractivity contribution in [3.05, 3.63) is 190 Å². The van der Waals surface area contributed by atoms with Crippen LogP contribution in [0.2, 0.25) is 0 Å². The van der Waals surface area contributed by atoms with Crippen molar-refractivity contribution in [1.29, 1.82) is 0 Å². The van der Waals surface area contributed by atoms with Crippen molar-refractivity contribution in [3.8, 4) is 34.4 Å². The van der Waals surface area contributed by atoms with Crippen molar-refractivity contribution in [2.24, 2.45) is 0 Å². The van der Waals surface area contributed by atoms with Crippen LogP contribution >= 0.6 is 27.0 Å². The Morgan fingerprint density at radius 3 is 1.48 bits per heavy atom. The summed E-state index contributed by atoms with van der Waals surface area (Å²) >= 11 is 0. The molecular weight excluding hydrogens is 1020 g/mol. The normalized spacial score (nSPS) is 19.9. The molecule has 77 heavy (non-hydrogen) atoms. The molecular formula is C60H66F2N6O7S2. The van der Waals surface area contributed by atoms with Gasteiger partial charge in [-0.1, -0.05) is 72.8 Å². The predicted molar refractivity (Wildman–Crippen MR) is 300 cm³/mol. The first-order valence-electron chi connectivity index (χ1n) is 25.3. The van der Waals surface area contributed by atoms with Gasteiger partial charge < -0.3 is 23.4 Å². The Morgan fingerprint density at radius 1 is 0.558 bits per heavy atom. The van der Waals surface area contributed by atoms with Gasteiger partial charge >= 0.3 is 0 Å². The summed E-state index contributed by atoms with van der Waals surface area (Å²) in [6, 6.07) is 41.4. The number of carbonyl (C=O) groups is 2. The van der Waals surface area contributed by atoms with Crippen LogP contribution in [-0.4, -0.2) is 81.8 Å². The van der Waals surface area contributed by atoms with Gasteiger partial charge in [-0.3, -0.25) is 30.2 Å². The zero-order valence-electron chi connectivity index (χ0n) is 44.2. The largest absolute Gasteiger partial charge is 0.494 e.